The first kappa shape index (κ1) is 20.5. The lowest BCUT2D eigenvalue weighted by molar-refractivity contribution is 0.0951. The molecule has 0 aliphatic heterocycles. The first-order chi connectivity index (χ1) is 13.7. The lowest BCUT2D eigenvalue weighted by Crippen LogP contribution is -2.22. The molecular weight excluding hydrogens is 402 g/mol. The van der Waals surface area contributed by atoms with Gasteiger partial charge in [0.2, 0.25) is 0 Å². The van der Waals surface area contributed by atoms with Gasteiger partial charge in [-0.2, -0.15) is 0 Å². The van der Waals surface area contributed by atoms with Crippen molar-refractivity contribution in [1.82, 2.24) is 5.32 Å². The Kier molecular flexibility index (Phi) is 5.69. The van der Waals surface area contributed by atoms with E-state index >= 15 is 0 Å². The summed E-state index contributed by atoms with van der Waals surface area (Å²) >= 11 is 0. The van der Waals surface area contributed by atoms with Crippen LogP contribution in [0.2, 0.25) is 0 Å². The van der Waals surface area contributed by atoms with E-state index in [9.17, 15) is 22.0 Å². The Morgan fingerprint density at radius 3 is 2.28 bits per heavy atom. The van der Waals surface area contributed by atoms with E-state index in [-0.39, 0.29) is 11.6 Å². The second kappa shape index (κ2) is 8.04. The number of sulfonamides is 1. The van der Waals surface area contributed by atoms with Crippen LogP contribution in [0.3, 0.4) is 0 Å². The first-order valence-corrected chi connectivity index (χ1v) is 10.1. The van der Waals surface area contributed by atoms with Crippen LogP contribution < -0.4 is 10.0 Å². The van der Waals surface area contributed by atoms with Crippen LogP contribution in [-0.2, 0) is 16.6 Å². The van der Waals surface area contributed by atoms with Crippen LogP contribution in [0.25, 0.3) is 0 Å². The van der Waals surface area contributed by atoms with Gasteiger partial charge in [0.1, 0.15) is 11.5 Å². The zero-order valence-electron chi connectivity index (χ0n) is 15.6. The summed E-state index contributed by atoms with van der Waals surface area (Å²) in [6.07, 6.45) is 0. The van der Waals surface area contributed by atoms with Gasteiger partial charge in [-0.3, -0.25) is 9.52 Å². The number of amides is 1. The summed E-state index contributed by atoms with van der Waals surface area (Å²) in [5, 5.41) is 2.76. The summed E-state index contributed by atoms with van der Waals surface area (Å²) in [6.45, 7) is 3.92. The van der Waals surface area contributed by atoms with E-state index in [2.05, 4.69) is 10.0 Å². The maximum atomic E-state index is 13.3. The van der Waals surface area contributed by atoms with E-state index in [1.165, 1.54) is 24.3 Å². The molecule has 29 heavy (non-hydrogen) atoms. The molecule has 3 aromatic rings. The molecule has 152 valence electrons. The molecule has 0 unspecified atom stereocenters. The van der Waals surface area contributed by atoms with Crippen LogP contribution in [0.4, 0.5) is 14.5 Å². The molecule has 3 rings (SSSR count). The van der Waals surface area contributed by atoms with Crippen molar-refractivity contribution in [3.63, 3.8) is 0 Å². The van der Waals surface area contributed by atoms with Crippen molar-refractivity contribution in [2.75, 3.05) is 4.72 Å². The molecular formula is C20H18F2N2O4S. The van der Waals surface area contributed by atoms with E-state index in [1.54, 1.807) is 0 Å². The summed E-state index contributed by atoms with van der Waals surface area (Å²) in [5.74, 6) is -1.25. The van der Waals surface area contributed by atoms with Crippen LogP contribution >= 0.6 is 0 Å². The normalized spacial score (nSPS) is 11.3. The summed E-state index contributed by atoms with van der Waals surface area (Å²) in [5.41, 5.74) is 1.37. The van der Waals surface area contributed by atoms with E-state index in [4.69, 9.17) is 4.42 Å². The molecule has 0 saturated heterocycles. The molecule has 1 aromatic heterocycles. The van der Waals surface area contributed by atoms with Gasteiger partial charge in [0.25, 0.3) is 15.9 Å². The molecule has 0 radical (unpaired) electrons. The SMILES string of the molecule is Cc1cc(CNC(=O)c2ccc(NS(=O)(=O)c3ccc(F)c(F)c3)cc2)c(C)o1. The number of carbonyl (C=O) groups is 1. The average Bonchev–Trinajstić information content (AvgIpc) is 2.99. The molecule has 0 bridgehead atoms. The highest BCUT2D eigenvalue weighted by Crippen LogP contribution is 2.19. The summed E-state index contributed by atoms with van der Waals surface area (Å²) in [4.78, 5) is 11.9. The Morgan fingerprint density at radius 2 is 1.69 bits per heavy atom. The van der Waals surface area contributed by atoms with Crippen LogP contribution in [0.5, 0.6) is 0 Å². The van der Waals surface area contributed by atoms with Gasteiger partial charge in [0, 0.05) is 23.4 Å². The van der Waals surface area contributed by atoms with Gasteiger partial charge < -0.3 is 9.73 Å². The van der Waals surface area contributed by atoms with Crippen LogP contribution in [0, 0.1) is 25.5 Å². The van der Waals surface area contributed by atoms with Gasteiger partial charge in [-0.1, -0.05) is 0 Å². The largest absolute Gasteiger partial charge is 0.466 e. The summed E-state index contributed by atoms with van der Waals surface area (Å²) in [6, 6.07) is 9.84. The molecule has 2 aromatic carbocycles. The Morgan fingerprint density at radius 1 is 1.00 bits per heavy atom. The number of hydrogen-bond acceptors (Lipinski definition) is 4. The van der Waals surface area contributed by atoms with Crippen molar-refractivity contribution in [3.05, 3.63) is 82.8 Å². The van der Waals surface area contributed by atoms with Gasteiger partial charge in [-0.15, -0.1) is 0 Å². The molecule has 6 nitrogen and oxygen atoms in total. The monoisotopic (exact) mass is 420 g/mol. The molecule has 0 saturated carbocycles. The van der Waals surface area contributed by atoms with E-state index in [0.29, 0.717) is 18.2 Å². The van der Waals surface area contributed by atoms with E-state index < -0.39 is 26.6 Å². The van der Waals surface area contributed by atoms with Crippen LogP contribution in [0.15, 0.2) is 57.8 Å². The zero-order chi connectivity index (χ0) is 21.2. The van der Waals surface area contributed by atoms with Crippen molar-refractivity contribution >= 4 is 21.6 Å². The lowest BCUT2D eigenvalue weighted by Gasteiger charge is -2.09. The summed E-state index contributed by atoms with van der Waals surface area (Å²) < 4.78 is 58.5. The molecule has 1 heterocycles. The van der Waals surface area contributed by atoms with Crippen molar-refractivity contribution in [3.8, 4) is 0 Å². The zero-order valence-corrected chi connectivity index (χ0v) is 16.4. The van der Waals surface area contributed by atoms with E-state index in [1.807, 2.05) is 19.9 Å². The highest BCUT2D eigenvalue weighted by molar-refractivity contribution is 7.92. The third kappa shape index (κ3) is 4.80. The van der Waals surface area contributed by atoms with Gasteiger partial charge in [-0.25, -0.2) is 17.2 Å². The molecule has 0 aliphatic carbocycles. The predicted molar refractivity (Wildman–Crippen MR) is 103 cm³/mol. The maximum Gasteiger partial charge on any atom is 0.261 e. The van der Waals surface area contributed by atoms with Crippen LogP contribution in [0.1, 0.15) is 27.4 Å². The van der Waals surface area contributed by atoms with Gasteiger partial charge in [0.05, 0.1) is 4.90 Å². The minimum Gasteiger partial charge on any atom is -0.466 e. The molecule has 0 atom stereocenters. The highest BCUT2D eigenvalue weighted by Gasteiger charge is 2.17. The minimum absolute atomic E-state index is 0.174. The van der Waals surface area contributed by atoms with E-state index in [0.717, 1.165) is 29.2 Å². The third-order valence-electron chi connectivity index (χ3n) is 4.18. The Bertz CT molecular complexity index is 1160. The lowest BCUT2D eigenvalue weighted by atomic mass is 10.2. The fourth-order valence-electron chi connectivity index (χ4n) is 2.68. The maximum absolute atomic E-state index is 13.3. The van der Waals surface area contributed by atoms with Gasteiger partial charge in [0.15, 0.2) is 11.6 Å². The van der Waals surface area contributed by atoms with Gasteiger partial charge >= 0.3 is 0 Å². The topological polar surface area (TPSA) is 88.4 Å². The number of rotatable bonds is 6. The molecule has 1 amide bonds. The number of furan rings is 1. The highest BCUT2D eigenvalue weighted by atomic mass is 32.2. The first-order valence-electron chi connectivity index (χ1n) is 8.58. The van der Waals surface area contributed by atoms with Gasteiger partial charge in [-0.05, 0) is 62.4 Å². The second-order valence-electron chi connectivity index (χ2n) is 6.38. The number of hydrogen-bond donors (Lipinski definition) is 2. The number of nitrogens with one attached hydrogen (secondary N) is 2. The van der Waals surface area contributed by atoms with Crippen molar-refractivity contribution in [2.45, 2.75) is 25.3 Å². The number of aryl methyl sites for hydroxylation is 2. The Hall–Kier alpha value is -3.20. The molecule has 0 spiro atoms. The van der Waals surface area contributed by atoms with Crippen molar-refractivity contribution < 1.29 is 26.4 Å². The number of benzene rings is 2. The fraction of sp³-hybridized carbons (Fsp3) is 0.150. The second-order valence-corrected chi connectivity index (χ2v) is 8.06. The molecule has 0 aliphatic rings. The summed E-state index contributed by atoms with van der Waals surface area (Å²) in [7, 11) is -4.10. The Balaban J connectivity index is 1.66. The molecule has 2 N–H and O–H groups in total. The van der Waals surface area contributed by atoms with Crippen molar-refractivity contribution in [2.24, 2.45) is 0 Å². The third-order valence-corrected chi connectivity index (χ3v) is 5.56. The standard InChI is InChI=1S/C20H18F2N2O4S/c1-12-9-15(13(2)28-12)11-23-20(25)14-3-5-16(6-4-14)24-29(26,27)17-7-8-18(21)19(22)10-17/h3-10,24H,11H2,1-2H3,(H,23,25). The van der Waals surface area contributed by atoms with Crippen LogP contribution in [-0.4, -0.2) is 14.3 Å². The molecule has 9 heteroatoms. The molecule has 0 fully saturated rings. The number of carbonyl (C=O) groups excluding carboxylic acids is 1. The predicted octanol–water partition coefficient (Wildman–Crippen LogP) is 3.91. The fourth-order valence-corrected chi connectivity index (χ4v) is 3.75. The van der Waals surface area contributed by atoms with Crippen molar-refractivity contribution in [1.29, 1.82) is 0 Å². The quantitative estimate of drug-likeness (QED) is 0.633. The average molecular weight is 420 g/mol. The number of halogens is 2. The minimum atomic E-state index is -4.10. The Labute approximate surface area is 166 Å². The smallest absolute Gasteiger partial charge is 0.261 e. The number of anilines is 1.